The van der Waals surface area contributed by atoms with Gasteiger partial charge in [0.15, 0.2) is 0 Å². The van der Waals surface area contributed by atoms with E-state index in [9.17, 15) is 0 Å². The van der Waals surface area contributed by atoms with Crippen molar-refractivity contribution >= 4 is 16.7 Å². The van der Waals surface area contributed by atoms with Crippen LogP contribution in [0.15, 0.2) is 0 Å². The van der Waals surface area contributed by atoms with Gasteiger partial charge in [0.25, 0.3) is 0 Å². The molecule has 3 fully saturated rings. The highest BCUT2D eigenvalue weighted by Gasteiger charge is 2.32. The summed E-state index contributed by atoms with van der Waals surface area (Å²) in [5.41, 5.74) is 0. The SMILES string of the molecule is CC1CCCN1C1CCN(c2nc(C3CC3)ns2)CC1. The van der Waals surface area contributed by atoms with Crippen molar-refractivity contribution in [1.82, 2.24) is 14.3 Å². The van der Waals surface area contributed by atoms with Crippen molar-refractivity contribution in [1.29, 1.82) is 0 Å². The highest BCUT2D eigenvalue weighted by atomic mass is 32.1. The van der Waals surface area contributed by atoms with E-state index in [1.165, 1.54) is 50.2 Å². The summed E-state index contributed by atoms with van der Waals surface area (Å²) in [6.45, 7) is 6.03. The number of anilines is 1. The van der Waals surface area contributed by atoms with Crippen molar-refractivity contribution in [3.8, 4) is 0 Å². The summed E-state index contributed by atoms with van der Waals surface area (Å²) >= 11 is 1.61. The highest BCUT2D eigenvalue weighted by Crippen LogP contribution is 2.40. The summed E-state index contributed by atoms with van der Waals surface area (Å²) in [5.74, 6) is 1.79. The van der Waals surface area contributed by atoms with E-state index in [1.54, 1.807) is 11.5 Å². The standard InChI is InChI=1S/C15H24N4S/c1-11-3-2-8-19(11)13-6-9-18(10-7-13)15-16-14(17-20-15)12-4-5-12/h11-13H,2-10H2,1H3. The Hall–Kier alpha value is -0.680. The van der Waals surface area contributed by atoms with Gasteiger partial charge < -0.3 is 4.90 Å². The molecule has 1 aliphatic carbocycles. The molecule has 0 aromatic carbocycles. The molecule has 1 aromatic rings. The molecule has 2 aliphatic heterocycles. The number of piperidine rings is 1. The van der Waals surface area contributed by atoms with E-state index in [1.807, 2.05) is 0 Å². The molecule has 0 amide bonds. The molecule has 1 unspecified atom stereocenters. The van der Waals surface area contributed by atoms with Crippen LogP contribution in [0.3, 0.4) is 0 Å². The summed E-state index contributed by atoms with van der Waals surface area (Å²) in [6.07, 6.45) is 7.96. The molecule has 0 spiro atoms. The van der Waals surface area contributed by atoms with Crippen molar-refractivity contribution in [2.24, 2.45) is 0 Å². The molecule has 0 N–H and O–H groups in total. The average molecular weight is 292 g/mol. The van der Waals surface area contributed by atoms with Crippen molar-refractivity contribution in [2.45, 2.75) is 63.5 Å². The predicted molar refractivity (Wildman–Crippen MR) is 82.5 cm³/mol. The van der Waals surface area contributed by atoms with Crippen LogP contribution in [0.5, 0.6) is 0 Å². The topological polar surface area (TPSA) is 32.3 Å². The Bertz CT molecular complexity index is 462. The fourth-order valence-corrected chi connectivity index (χ4v) is 4.55. The first kappa shape index (κ1) is 13.0. The molecule has 1 atom stereocenters. The van der Waals surface area contributed by atoms with E-state index < -0.39 is 0 Å². The number of aromatic nitrogens is 2. The molecule has 110 valence electrons. The maximum atomic E-state index is 4.75. The summed E-state index contributed by atoms with van der Waals surface area (Å²) in [6, 6.07) is 1.61. The van der Waals surface area contributed by atoms with Crippen molar-refractivity contribution in [2.75, 3.05) is 24.5 Å². The van der Waals surface area contributed by atoms with Gasteiger partial charge in [-0.15, -0.1) is 0 Å². The molecule has 4 rings (SSSR count). The third-order valence-corrected chi connectivity index (χ3v) is 5.97. The van der Waals surface area contributed by atoms with E-state index >= 15 is 0 Å². The normalized spacial score (nSPS) is 29.2. The summed E-state index contributed by atoms with van der Waals surface area (Å²) in [7, 11) is 0. The van der Waals surface area contributed by atoms with Gasteiger partial charge in [0.2, 0.25) is 5.13 Å². The molecule has 3 aliphatic rings. The van der Waals surface area contributed by atoms with Gasteiger partial charge >= 0.3 is 0 Å². The molecule has 0 radical (unpaired) electrons. The second-order valence-corrected chi connectivity index (χ2v) is 7.39. The fourth-order valence-electron chi connectivity index (χ4n) is 3.75. The minimum atomic E-state index is 0.683. The highest BCUT2D eigenvalue weighted by molar-refractivity contribution is 7.09. The van der Waals surface area contributed by atoms with Gasteiger partial charge in [-0.1, -0.05) is 0 Å². The Kier molecular flexibility index (Phi) is 3.42. The Morgan fingerprint density at radius 1 is 1.05 bits per heavy atom. The Morgan fingerprint density at radius 3 is 2.50 bits per heavy atom. The lowest BCUT2D eigenvalue weighted by atomic mass is 10.0. The average Bonchev–Trinajstić information content (AvgIpc) is 3.05. The van der Waals surface area contributed by atoms with Crippen LogP contribution in [-0.2, 0) is 0 Å². The largest absolute Gasteiger partial charge is 0.347 e. The van der Waals surface area contributed by atoms with Crippen LogP contribution in [0, 0.1) is 0 Å². The minimum Gasteiger partial charge on any atom is -0.347 e. The monoisotopic (exact) mass is 292 g/mol. The number of rotatable bonds is 3. The maximum absolute atomic E-state index is 4.75. The number of nitrogens with zero attached hydrogens (tertiary/aromatic N) is 4. The van der Waals surface area contributed by atoms with Gasteiger partial charge in [0.1, 0.15) is 5.82 Å². The van der Waals surface area contributed by atoms with Crippen LogP contribution in [0.1, 0.15) is 57.2 Å². The predicted octanol–water partition coefficient (Wildman–Crippen LogP) is 2.87. The second kappa shape index (κ2) is 5.26. The summed E-state index contributed by atoms with van der Waals surface area (Å²) < 4.78 is 4.54. The zero-order valence-electron chi connectivity index (χ0n) is 12.3. The summed E-state index contributed by atoms with van der Waals surface area (Å²) in [4.78, 5) is 9.96. The number of hydrogen-bond donors (Lipinski definition) is 0. The smallest absolute Gasteiger partial charge is 0.205 e. The van der Waals surface area contributed by atoms with Gasteiger partial charge in [-0.3, -0.25) is 4.90 Å². The molecule has 20 heavy (non-hydrogen) atoms. The maximum Gasteiger partial charge on any atom is 0.205 e. The quantitative estimate of drug-likeness (QED) is 0.857. The van der Waals surface area contributed by atoms with Gasteiger partial charge in [-0.05, 0) is 52.0 Å². The van der Waals surface area contributed by atoms with Crippen LogP contribution in [0.2, 0.25) is 0 Å². The minimum absolute atomic E-state index is 0.683. The first-order valence-electron chi connectivity index (χ1n) is 8.15. The lowest BCUT2D eigenvalue weighted by Crippen LogP contribution is -2.46. The zero-order valence-corrected chi connectivity index (χ0v) is 13.1. The molecule has 2 saturated heterocycles. The van der Waals surface area contributed by atoms with E-state index in [0.717, 1.165) is 31.0 Å². The van der Waals surface area contributed by atoms with Crippen molar-refractivity contribution in [3.63, 3.8) is 0 Å². The van der Waals surface area contributed by atoms with Crippen molar-refractivity contribution in [3.05, 3.63) is 5.82 Å². The van der Waals surface area contributed by atoms with E-state index in [4.69, 9.17) is 4.98 Å². The molecular formula is C15H24N4S. The van der Waals surface area contributed by atoms with Gasteiger partial charge in [0, 0.05) is 42.6 Å². The van der Waals surface area contributed by atoms with Crippen molar-refractivity contribution < 1.29 is 0 Å². The number of likely N-dealkylation sites (tertiary alicyclic amines) is 1. The molecule has 1 aromatic heterocycles. The molecule has 0 bridgehead atoms. The molecular weight excluding hydrogens is 268 g/mol. The lowest BCUT2D eigenvalue weighted by molar-refractivity contribution is 0.163. The fraction of sp³-hybridized carbons (Fsp3) is 0.867. The first-order valence-corrected chi connectivity index (χ1v) is 8.93. The molecule has 1 saturated carbocycles. The third-order valence-electron chi connectivity index (χ3n) is 5.18. The summed E-state index contributed by atoms with van der Waals surface area (Å²) in [5, 5.41) is 1.17. The lowest BCUT2D eigenvalue weighted by Gasteiger charge is -2.38. The van der Waals surface area contributed by atoms with Crippen LogP contribution in [0.25, 0.3) is 0 Å². The Balaban J connectivity index is 1.36. The molecule has 3 heterocycles. The van der Waals surface area contributed by atoms with E-state index in [2.05, 4.69) is 21.1 Å². The zero-order chi connectivity index (χ0) is 13.5. The van der Waals surface area contributed by atoms with Gasteiger partial charge in [-0.2, -0.15) is 4.37 Å². The van der Waals surface area contributed by atoms with Crippen LogP contribution in [0.4, 0.5) is 5.13 Å². The van der Waals surface area contributed by atoms with Gasteiger partial charge in [0.05, 0.1) is 0 Å². The van der Waals surface area contributed by atoms with Crippen LogP contribution in [-0.4, -0.2) is 46.0 Å². The molecule has 4 nitrogen and oxygen atoms in total. The second-order valence-electron chi connectivity index (χ2n) is 6.66. The Labute approximate surface area is 125 Å². The Morgan fingerprint density at radius 2 is 1.85 bits per heavy atom. The molecule has 5 heteroatoms. The number of hydrogen-bond acceptors (Lipinski definition) is 5. The third kappa shape index (κ3) is 2.46. The van der Waals surface area contributed by atoms with E-state index in [-0.39, 0.29) is 0 Å². The van der Waals surface area contributed by atoms with Gasteiger partial charge in [-0.25, -0.2) is 4.98 Å². The van der Waals surface area contributed by atoms with Crippen LogP contribution < -0.4 is 4.90 Å². The first-order chi connectivity index (χ1) is 9.81. The van der Waals surface area contributed by atoms with E-state index in [0.29, 0.717) is 5.92 Å². The van der Waals surface area contributed by atoms with Crippen LogP contribution >= 0.6 is 11.5 Å².